The average molecular weight is 436 g/mol. The van der Waals surface area contributed by atoms with Gasteiger partial charge in [0.1, 0.15) is 0 Å². The molecule has 7 heteroatoms. The molecule has 0 aliphatic carbocycles. The number of hydrogen-bond acceptors (Lipinski definition) is 4. The minimum atomic E-state index is -3.56. The standard InChI is InChI=1S/C23H37N3O3S/c1-19-10-16-25(17-11-19)13-7-12-24-23(27)22-18-21(9-8-20(22)2)30(28,29)26-14-5-3-4-6-15-26/h8-9,18-19H,3-7,10-17H2,1-2H3,(H,24,27). The molecule has 6 nitrogen and oxygen atoms in total. The molecule has 3 rings (SSSR count). The normalized spacial score (nSPS) is 20.1. The number of hydrogen-bond donors (Lipinski definition) is 1. The Hall–Kier alpha value is -1.44. The van der Waals surface area contributed by atoms with E-state index in [0.717, 1.165) is 63.2 Å². The van der Waals surface area contributed by atoms with E-state index in [1.54, 1.807) is 22.5 Å². The molecule has 0 bridgehead atoms. The van der Waals surface area contributed by atoms with Crippen LogP contribution in [0.3, 0.4) is 0 Å². The van der Waals surface area contributed by atoms with Crippen LogP contribution >= 0.6 is 0 Å². The summed E-state index contributed by atoms with van der Waals surface area (Å²) in [6.45, 7) is 9.17. The highest BCUT2D eigenvalue weighted by molar-refractivity contribution is 7.89. The number of benzene rings is 1. The van der Waals surface area contributed by atoms with Crippen molar-refractivity contribution in [2.45, 2.75) is 63.7 Å². The predicted octanol–water partition coefficient (Wildman–Crippen LogP) is 3.41. The second-order valence-corrected chi connectivity index (χ2v) is 10.9. The Bertz CT molecular complexity index is 809. The number of aryl methyl sites for hydroxylation is 1. The Balaban J connectivity index is 1.58. The van der Waals surface area contributed by atoms with Crippen molar-refractivity contribution in [3.05, 3.63) is 29.3 Å². The van der Waals surface area contributed by atoms with Crippen LogP contribution in [0.5, 0.6) is 0 Å². The van der Waals surface area contributed by atoms with Crippen molar-refractivity contribution >= 4 is 15.9 Å². The molecule has 1 aromatic carbocycles. The van der Waals surface area contributed by atoms with Gasteiger partial charge in [-0.1, -0.05) is 25.8 Å². The first-order chi connectivity index (χ1) is 14.4. The lowest BCUT2D eigenvalue weighted by atomic mass is 9.99. The maximum atomic E-state index is 13.1. The molecule has 0 radical (unpaired) electrons. The van der Waals surface area contributed by atoms with Crippen LogP contribution in [0.15, 0.2) is 23.1 Å². The molecule has 1 N–H and O–H groups in total. The van der Waals surface area contributed by atoms with E-state index in [4.69, 9.17) is 0 Å². The SMILES string of the molecule is Cc1ccc(S(=O)(=O)N2CCCCCC2)cc1C(=O)NCCCN1CCC(C)CC1. The Morgan fingerprint density at radius 1 is 1.07 bits per heavy atom. The summed E-state index contributed by atoms with van der Waals surface area (Å²) in [5.41, 5.74) is 1.25. The van der Waals surface area contributed by atoms with Crippen molar-refractivity contribution in [2.24, 2.45) is 5.92 Å². The van der Waals surface area contributed by atoms with Crippen LogP contribution in [-0.2, 0) is 10.0 Å². The third-order valence-corrected chi connectivity index (χ3v) is 8.36. The summed E-state index contributed by atoms with van der Waals surface area (Å²) in [5.74, 6) is 0.634. The number of carbonyl (C=O) groups is 1. The summed E-state index contributed by atoms with van der Waals surface area (Å²) in [7, 11) is -3.56. The van der Waals surface area contributed by atoms with E-state index in [1.807, 2.05) is 6.92 Å². The van der Waals surface area contributed by atoms with Crippen LogP contribution in [0.25, 0.3) is 0 Å². The number of amides is 1. The number of piperidine rings is 1. The first kappa shape index (κ1) is 23.2. The highest BCUT2D eigenvalue weighted by Gasteiger charge is 2.26. The Morgan fingerprint density at radius 3 is 2.40 bits per heavy atom. The smallest absolute Gasteiger partial charge is 0.251 e. The molecule has 2 aliphatic heterocycles. The monoisotopic (exact) mass is 435 g/mol. The van der Waals surface area contributed by atoms with Crippen molar-refractivity contribution in [1.82, 2.24) is 14.5 Å². The number of rotatable bonds is 7. The minimum absolute atomic E-state index is 0.187. The number of likely N-dealkylation sites (tertiary alicyclic amines) is 1. The van der Waals surface area contributed by atoms with E-state index in [0.29, 0.717) is 25.2 Å². The topological polar surface area (TPSA) is 69.7 Å². The van der Waals surface area contributed by atoms with Gasteiger partial charge < -0.3 is 10.2 Å². The first-order valence-electron chi connectivity index (χ1n) is 11.5. The summed E-state index contributed by atoms with van der Waals surface area (Å²) >= 11 is 0. The zero-order chi connectivity index (χ0) is 21.6. The molecule has 30 heavy (non-hydrogen) atoms. The van der Waals surface area contributed by atoms with Gasteiger partial charge in [0.2, 0.25) is 10.0 Å². The summed E-state index contributed by atoms with van der Waals surface area (Å²) < 4.78 is 27.7. The van der Waals surface area contributed by atoms with Crippen LogP contribution in [0.1, 0.15) is 67.8 Å². The number of nitrogens with one attached hydrogen (secondary N) is 1. The lowest BCUT2D eigenvalue weighted by Gasteiger charge is -2.30. The Kier molecular flexibility index (Phi) is 8.31. The lowest BCUT2D eigenvalue weighted by Crippen LogP contribution is -2.35. The molecule has 0 aromatic heterocycles. The molecule has 168 valence electrons. The highest BCUT2D eigenvalue weighted by atomic mass is 32.2. The van der Waals surface area contributed by atoms with Gasteiger partial charge in [-0.05, 0) is 82.3 Å². The molecule has 1 amide bonds. The van der Waals surface area contributed by atoms with Gasteiger partial charge in [0.15, 0.2) is 0 Å². The fourth-order valence-corrected chi connectivity index (χ4v) is 5.87. The zero-order valence-corrected chi connectivity index (χ0v) is 19.3. The largest absolute Gasteiger partial charge is 0.352 e. The predicted molar refractivity (Wildman–Crippen MR) is 120 cm³/mol. The van der Waals surface area contributed by atoms with Gasteiger partial charge in [-0.15, -0.1) is 0 Å². The highest BCUT2D eigenvalue weighted by Crippen LogP contribution is 2.23. The van der Waals surface area contributed by atoms with E-state index < -0.39 is 10.0 Å². The molecular weight excluding hydrogens is 398 g/mol. The quantitative estimate of drug-likeness (QED) is 0.667. The first-order valence-corrected chi connectivity index (χ1v) is 12.9. The summed E-state index contributed by atoms with van der Waals surface area (Å²) in [6.07, 6.45) is 7.36. The Labute approximate surface area is 182 Å². The third-order valence-electron chi connectivity index (χ3n) is 6.47. The van der Waals surface area contributed by atoms with Crippen LogP contribution < -0.4 is 5.32 Å². The molecule has 2 fully saturated rings. The van der Waals surface area contributed by atoms with Gasteiger partial charge in [-0.25, -0.2) is 8.42 Å². The maximum absolute atomic E-state index is 13.1. The average Bonchev–Trinajstić information content (AvgIpc) is 3.03. The van der Waals surface area contributed by atoms with Crippen LogP contribution in [0, 0.1) is 12.8 Å². The molecule has 1 aromatic rings. The molecule has 0 spiro atoms. The summed E-state index contributed by atoms with van der Waals surface area (Å²) in [5, 5.41) is 2.98. The van der Waals surface area contributed by atoms with Crippen molar-refractivity contribution in [1.29, 1.82) is 0 Å². The molecular formula is C23H37N3O3S. The second-order valence-electron chi connectivity index (χ2n) is 8.93. The molecule has 0 atom stereocenters. The van der Waals surface area contributed by atoms with Crippen LogP contribution in [0.4, 0.5) is 0 Å². The van der Waals surface area contributed by atoms with E-state index in [1.165, 1.54) is 12.8 Å². The van der Waals surface area contributed by atoms with Gasteiger partial charge in [-0.3, -0.25) is 4.79 Å². The lowest BCUT2D eigenvalue weighted by molar-refractivity contribution is 0.0949. The van der Waals surface area contributed by atoms with Gasteiger partial charge in [0.05, 0.1) is 4.90 Å². The van der Waals surface area contributed by atoms with Gasteiger partial charge in [0.25, 0.3) is 5.91 Å². The van der Waals surface area contributed by atoms with Crippen molar-refractivity contribution in [2.75, 3.05) is 39.3 Å². The Morgan fingerprint density at radius 2 is 1.73 bits per heavy atom. The third kappa shape index (κ3) is 6.05. The van der Waals surface area contributed by atoms with Gasteiger partial charge in [0, 0.05) is 25.2 Å². The summed E-state index contributed by atoms with van der Waals surface area (Å²) in [6, 6.07) is 4.93. The fourth-order valence-electron chi connectivity index (χ4n) is 4.32. The van der Waals surface area contributed by atoms with E-state index in [2.05, 4.69) is 17.1 Å². The molecule has 0 unspecified atom stereocenters. The second kappa shape index (κ2) is 10.7. The molecule has 2 aliphatic rings. The number of nitrogens with zero attached hydrogens (tertiary/aromatic N) is 2. The molecule has 0 saturated carbocycles. The zero-order valence-electron chi connectivity index (χ0n) is 18.5. The summed E-state index contributed by atoms with van der Waals surface area (Å²) in [4.78, 5) is 15.4. The van der Waals surface area contributed by atoms with Crippen LogP contribution in [-0.4, -0.2) is 62.8 Å². The van der Waals surface area contributed by atoms with E-state index in [9.17, 15) is 13.2 Å². The van der Waals surface area contributed by atoms with Gasteiger partial charge in [-0.2, -0.15) is 4.31 Å². The van der Waals surface area contributed by atoms with Crippen molar-refractivity contribution in [3.8, 4) is 0 Å². The van der Waals surface area contributed by atoms with E-state index >= 15 is 0 Å². The van der Waals surface area contributed by atoms with Gasteiger partial charge >= 0.3 is 0 Å². The molecule has 2 heterocycles. The van der Waals surface area contributed by atoms with E-state index in [-0.39, 0.29) is 10.8 Å². The molecule has 2 saturated heterocycles. The maximum Gasteiger partial charge on any atom is 0.251 e. The number of sulfonamides is 1. The van der Waals surface area contributed by atoms with Crippen LogP contribution in [0.2, 0.25) is 0 Å². The number of carbonyl (C=O) groups excluding carboxylic acids is 1. The fraction of sp³-hybridized carbons (Fsp3) is 0.696. The minimum Gasteiger partial charge on any atom is -0.352 e. The van der Waals surface area contributed by atoms with Crippen molar-refractivity contribution < 1.29 is 13.2 Å². The van der Waals surface area contributed by atoms with Crippen molar-refractivity contribution in [3.63, 3.8) is 0 Å².